The lowest BCUT2D eigenvalue weighted by Crippen LogP contribution is -2.35. The minimum absolute atomic E-state index is 0.188. The van der Waals surface area contributed by atoms with E-state index < -0.39 is 11.9 Å². The number of hydrogen-bond donors (Lipinski definition) is 4. The molecule has 10 heteroatoms. The summed E-state index contributed by atoms with van der Waals surface area (Å²) < 4.78 is 2.54. The van der Waals surface area contributed by atoms with Gasteiger partial charge in [0.15, 0.2) is 0 Å². The number of urea groups is 1. The summed E-state index contributed by atoms with van der Waals surface area (Å²) in [7, 11) is 0. The number of nitrogens with zero attached hydrogens (tertiary/aromatic N) is 1. The second-order valence-corrected chi connectivity index (χ2v) is 6.92. The fourth-order valence-corrected chi connectivity index (χ4v) is 3.33. The van der Waals surface area contributed by atoms with Gasteiger partial charge < -0.3 is 5.32 Å². The molecule has 0 spiro atoms. The molecule has 0 aliphatic carbocycles. The Hall–Kier alpha value is -2.68. The molecule has 0 aliphatic rings. The largest absolute Gasteiger partial charge is 0.343 e. The Balaban J connectivity index is 1.90. The number of anilines is 2. The molecule has 2 aromatic carbocycles. The molecule has 0 fully saturated rings. The van der Waals surface area contributed by atoms with E-state index in [1.165, 1.54) is 11.9 Å². The summed E-state index contributed by atoms with van der Waals surface area (Å²) >= 11 is 13.4. The molecular weight excluding hydrogens is 421 g/mol. The molecule has 7 nitrogen and oxygen atoms in total. The number of rotatable bonds is 5. The molecule has 0 unspecified atom stereocenters. The number of carbonyl (C=O) groups excluding carboxylic acids is 2. The van der Waals surface area contributed by atoms with Crippen LogP contribution in [0.3, 0.4) is 0 Å². The van der Waals surface area contributed by atoms with Crippen molar-refractivity contribution < 1.29 is 9.59 Å². The molecule has 4 N–H and O–H groups in total. The lowest BCUT2D eigenvalue weighted by atomic mass is 10.1. The molecule has 0 aliphatic heterocycles. The molecule has 0 bridgehead atoms. The van der Waals surface area contributed by atoms with E-state index in [0.717, 1.165) is 0 Å². The Bertz CT molecular complexity index is 1030. The normalized spacial score (nSPS) is 10.4. The maximum absolute atomic E-state index is 12.7. The van der Waals surface area contributed by atoms with Crippen molar-refractivity contribution in [3.8, 4) is 0 Å². The molecule has 0 atom stereocenters. The van der Waals surface area contributed by atoms with Gasteiger partial charge in [0.1, 0.15) is 0 Å². The highest BCUT2D eigenvalue weighted by Crippen LogP contribution is 2.29. The Morgan fingerprint density at radius 2 is 1.71 bits per heavy atom. The van der Waals surface area contributed by atoms with E-state index in [2.05, 4.69) is 25.9 Å². The van der Waals surface area contributed by atoms with Gasteiger partial charge in [0.25, 0.3) is 5.91 Å². The SMILES string of the molecule is CSNC(=O)NNc1ccnc2c(NC(=O)c3c(Cl)cccc3Cl)cccc12. The van der Waals surface area contributed by atoms with Gasteiger partial charge in [0.05, 0.1) is 32.5 Å². The van der Waals surface area contributed by atoms with Crippen LogP contribution in [0.15, 0.2) is 48.7 Å². The standard InChI is InChI=1S/C18H15Cl2N5O2S/c1-28-25-18(27)24-23-13-8-9-21-16-10(13)4-2-7-14(16)22-17(26)15-11(19)5-3-6-12(15)20/h2-9H,1H3,(H,21,23)(H,22,26)(H2,24,25,27). The third-order valence-electron chi connectivity index (χ3n) is 3.71. The van der Waals surface area contributed by atoms with E-state index in [4.69, 9.17) is 23.2 Å². The minimum atomic E-state index is -0.444. The first-order valence-electron chi connectivity index (χ1n) is 7.99. The smallest absolute Gasteiger partial charge is 0.320 e. The van der Waals surface area contributed by atoms with E-state index in [1.807, 2.05) is 6.07 Å². The Labute approximate surface area is 175 Å². The van der Waals surface area contributed by atoms with Gasteiger partial charge in [-0.15, -0.1) is 0 Å². The first kappa shape index (κ1) is 20.1. The third-order valence-corrected chi connectivity index (χ3v) is 4.73. The molecule has 0 saturated heterocycles. The molecule has 3 amide bonds. The van der Waals surface area contributed by atoms with Crippen LogP contribution in [0, 0.1) is 0 Å². The van der Waals surface area contributed by atoms with Crippen LogP contribution < -0.4 is 20.9 Å². The number of pyridine rings is 1. The van der Waals surface area contributed by atoms with Crippen LogP contribution in [0.5, 0.6) is 0 Å². The summed E-state index contributed by atoms with van der Waals surface area (Å²) in [6, 6.07) is 11.5. The molecule has 1 aromatic heterocycles. The predicted molar refractivity (Wildman–Crippen MR) is 115 cm³/mol. The number of halogens is 2. The van der Waals surface area contributed by atoms with E-state index >= 15 is 0 Å². The van der Waals surface area contributed by atoms with Crippen LogP contribution in [0.1, 0.15) is 10.4 Å². The number of hydrazine groups is 1. The number of para-hydroxylation sites is 1. The summed E-state index contributed by atoms with van der Waals surface area (Å²) in [5.74, 6) is -0.444. The zero-order valence-electron chi connectivity index (χ0n) is 14.5. The summed E-state index contributed by atoms with van der Waals surface area (Å²) in [5.41, 5.74) is 7.18. The van der Waals surface area contributed by atoms with E-state index in [-0.39, 0.29) is 15.6 Å². The predicted octanol–water partition coefficient (Wildman–Crippen LogP) is 4.70. The number of aromatic nitrogens is 1. The fraction of sp³-hybridized carbons (Fsp3) is 0.0556. The molecule has 0 radical (unpaired) electrons. The average Bonchev–Trinajstić information content (AvgIpc) is 2.67. The van der Waals surface area contributed by atoms with E-state index in [9.17, 15) is 9.59 Å². The van der Waals surface area contributed by atoms with Crippen molar-refractivity contribution in [2.45, 2.75) is 0 Å². The highest BCUT2D eigenvalue weighted by Gasteiger charge is 2.16. The number of hydrogen-bond acceptors (Lipinski definition) is 5. The van der Waals surface area contributed by atoms with Crippen LogP contribution in [-0.4, -0.2) is 23.2 Å². The van der Waals surface area contributed by atoms with Gasteiger partial charge in [0, 0.05) is 17.8 Å². The van der Waals surface area contributed by atoms with Gasteiger partial charge in [-0.25, -0.2) is 4.79 Å². The quantitative estimate of drug-likeness (QED) is 0.344. The number of amides is 3. The second kappa shape index (κ2) is 9.01. The van der Waals surface area contributed by atoms with Gasteiger partial charge in [-0.1, -0.05) is 53.3 Å². The van der Waals surface area contributed by atoms with Crippen molar-refractivity contribution in [2.24, 2.45) is 0 Å². The minimum Gasteiger partial charge on any atom is -0.320 e. The molecule has 0 saturated carbocycles. The van der Waals surface area contributed by atoms with Crippen molar-refractivity contribution in [2.75, 3.05) is 17.0 Å². The summed E-state index contributed by atoms with van der Waals surface area (Å²) in [4.78, 5) is 28.6. The fourth-order valence-electron chi connectivity index (χ4n) is 2.53. The van der Waals surface area contributed by atoms with Crippen LogP contribution in [-0.2, 0) is 0 Å². The Morgan fingerprint density at radius 1 is 1.00 bits per heavy atom. The van der Waals surface area contributed by atoms with E-state index in [0.29, 0.717) is 22.3 Å². The van der Waals surface area contributed by atoms with Gasteiger partial charge in [-0.3, -0.25) is 25.4 Å². The summed E-state index contributed by atoms with van der Waals surface area (Å²) in [5, 5.41) is 4.01. The maximum Gasteiger partial charge on any atom is 0.343 e. The third kappa shape index (κ3) is 4.41. The summed E-state index contributed by atoms with van der Waals surface area (Å²) in [6.07, 6.45) is 3.30. The van der Waals surface area contributed by atoms with Crippen molar-refractivity contribution in [1.29, 1.82) is 0 Å². The van der Waals surface area contributed by atoms with Crippen molar-refractivity contribution in [3.05, 3.63) is 64.3 Å². The molecule has 3 aromatic rings. The number of benzene rings is 2. The Morgan fingerprint density at radius 3 is 2.43 bits per heavy atom. The number of nitrogens with one attached hydrogen (secondary N) is 4. The maximum atomic E-state index is 12.7. The van der Waals surface area contributed by atoms with Crippen LogP contribution in [0.25, 0.3) is 10.9 Å². The first-order valence-corrected chi connectivity index (χ1v) is 9.97. The zero-order valence-corrected chi connectivity index (χ0v) is 16.9. The number of fused-ring (bicyclic) bond motifs is 1. The van der Waals surface area contributed by atoms with Crippen molar-refractivity contribution in [1.82, 2.24) is 15.1 Å². The Kier molecular flexibility index (Phi) is 6.45. The highest BCUT2D eigenvalue weighted by atomic mass is 35.5. The van der Waals surface area contributed by atoms with Gasteiger partial charge in [-0.05, 0) is 24.3 Å². The number of carbonyl (C=O) groups is 2. The van der Waals surface area contributed by atoms with Crippen LogP contribution in [0.2, 0.25) is 10.0 Å². The zero-order chi connectivity index (χ0) is 20.1. The van der Waals surface area contributed by atoms with Crippen molar-refractivity contribution >= 4 is 69.4 Å². The van der Waals surface area contributed by atoms with Gasteiger partial charge in [-0.2, -0.15) is 0 Å². The molecule has 1 heterocycles. The molecule has 144 valence electrons. The monoisotopic (exact) mass is 435 g/mol. The van der Waals surface area contributed by atoms with Crippen LogP contribution in [0.4, 0.5) is 16.2 Å². The molecule has 28 heavy (non-hydrogen) atoms. The van der Waals surface area contributed by atoms with Gasteiger partial charge >= 0.3 is 6.03 Å². The average molecular weight is 436 g/mol. The van der Waals surface area contributed by atoms with Crippen LogP contribution >= 0.6 is 35.1 Å². The first-order chi connectivity index (χ1) is 13.5. The lowest BCUT2D eigenvalue weighted by Gasteiger charge is -2.13. The van der Waals surface area contributed by atoms with Gasteiger partial charge in [0.2, 0.25) is 0 Å². The van der Waals surface area contributed by atoms with E-state index in [1.54, 1.807) is 48.9 Å². The second-order valence-electron chi connectivity index (χ2n) is 5.50. The topological polar surface area (TPSA) is 95.2 Å². The molecular formula is C18H15Cl2N5O2S. The highest BCUT2D eigenvalue weighted by molar-refractivity contribution is 7.97. The molecule has 3 rings (SSSR count). The van der Waals surface area contributed by atoms with Crippen molar-refractivity contribution in [3.63, 3.8) is 0 Å². The lowest BCUT2D eigenvalue weighted by molar-refractivity contribution is 0.102. The summed E-state index contributed by atoms with van der Waals surface area (Å²) in [6.45, 7) is 0.